The SMILES string of the molecule is CC[C@H](C)[C@H](NC(=O)[C@H](Cc1ccc(O)cc1)NC(=O)[C@@H](NC(=O)[C@H](CC(=O)O)NC(=O)[C@H](CCCCN)NC(=O)[C@@H](N)C(C)C)C(C)C)C(N)=O. The molecule has 292 valence electrons. The molecule has 0 fully saturated rings. The van der Waals surface area contributed by atoms with Gasteiger partial charge in [0.1, 0.15) is 36.0 Å². The smallest absolute Gasteiger partial charge is 0.305 e. The number of rotatable bonds is 23. The van der Waals surface area contributed by atoms with E-state index in [2.05, 4.69) is 26.6 Å². The third kappa shape index (κ3) is 15.2. The number of aromatic hydroxyl groups is 1. The van der Waals surface area contributed by atoms with E-state index in [4.69, 9.17) is 17.2 Å². The lowest BCUT2D eigenvalue weighted by Crippen LogP contribution is -2.61. The number of carboxylic acid groups (broad SMARTS) is 1. The number of hydrogen-bond acceptors (Lipinski definition) is 10. The molecule has 0 aliphatic carbocycles. The number of carboxylic acids is 1. The zero-order valence-corrected chi connectivity index (χ0v) is 30.9. The van der Waals surface area contributed by atoms with Crippen LogP contribution in [0.3, 0.4) is 0 Å². The van der Waals surface area contributed by atoms with E-state index in [1.54, 1.807) is 46.8 Å². The predicted molar refractivity (Wildman–Crippen MR) is 193 cm³/mol. The molecule has 0 unspecified atom stereocenters. The summed E-state index contributed by atoms with van der Waals surface area (Å²) in [5.74, 6) is -7.33. The number of phenolic OH excluding ortho intramolecular Hbond substituents is 1. The van der Waals surface area contributed by atoms with Gasteiger partial charge in [-0.15, -0.1) is 0 Å². The van der Waals surface area contributed by atoms with Crippen molar-refractivity contribution in [2.45, 2.75) is 116 Å². The molecule has 0 spiro atoms. The largest absolute Gasteiger partial charge is 0.508 e. The summed E-state index contributed by atoms with van der Waals surface area (Å²) in [5, 5.41) is 32.0. The summed E-state index contributed by atoms with van der Waals surface area (Å²) in [5.41, 5.74) is 17.6. The van der Waals surface area contributed by atoms with Gasteiger partial charge in [-0.1, -0.05) is 60.1 Å². The van der Waals surface area contributed by atoms with E-state index in [0.717, 1.165) is 0 Å². The summed E-state index contributed by atoms with van der Waals surface area (Å²) in [6.07, 6.45) is 0.703. The predicted octanol–water partition coefficient (Wildman–Crippen LogP) is -0.867. The van der Waals surface area contributed by atoms with E-state index < -0.39 is 90.0 Å². The highest BCUT2D eigenvalue weighted by Gasteiger charge is 2.35. The Labute approximate surface area is 305 Å². The van der Waals surface area contributed by atoms with Crippen LogP contribution in [0, 0.1) is 17.8 Å². The van der Waals surface area contributed by atoms with Crippen LogP contribution in [0.15, 0.2) is 24.3 Å². The van der Waals surface area contributed by atoms with Crippen LogP contribution in [-0.4, -0.2) is 94.4 Å². The molecule has 0 radical (unpaired) electrons. The van der Waals surface area contributed by atoms with Crippen molar-refractivity contribution in [3.63, 3.8) is 0 Å². The van der Waals surface area contributed by atoms with Crippen molar-refractivity contribution in [2.24, 2.45) is 35.0 Å². The second-order valence-electron chi connectivity index (χ2n) is 13.7. The van der Waals surface area contributed by atoms with Crippen molar-refractivity contribution in [3.8, 4) is 5.75 Å². The summed E-state index contributed by atoms with van der Waals surface area (Å²) in [4.78, 5) is 90.9. The van der Waals surface area contributed by atoms with Crippen LogP contribution < -0.4 is 43.8 Å². The standard InChI is InChI=1S/C35H58N8O9/c1-7-20(6)29(30(38)47)43-32(49)24(16-21-11-13-22(44)14-12-21)41-35(52)28(19(4)5)42-33(50)25(17-26(45)46)40-31(48)23(10-8-9-15-36)39-34(51)27(37)18(2)3/h11-14,18-20,23-25,27-29,44H,7-10,15-17,36-37H2,1-6H3,(H2,38,47)(H,39,51)(H,40,48)(H,41,52)(H,42,50)(H,43,49)(H,45,46)/t20-,23-,24-,25-,27-,28-,29-/m0/s1. The first-order valence-electron chi connectivity index (χ1n) is 17.6. The normalized spacial score (nSPS) is 15.3. The first kappa shape index (κ1) is 45.3. The first-order valence-corrected chi connectivity index (χ1v) is 17.6. The summed E-state index contributed by atoms with van der Waals surface area (Å²) < 4.78 is 0. The van der Waals surface area contributed by atoms with Crippen LogP contribution in [0.5, 0.6) is 5.75 Å². The minimum absolute atomic E-state index is 0.0201. The molecule has 1 aromatic carbocycles. The molecule has 52 heavy (non-hydrogen) atoms. The van der Waals surface area contributed by atoms with Gasteiger partial charge in [-0.3, -0.25) is 33.6 Å². The number of primary amides is 1. The molecule has 13 N–H and O–H groups in total. The minimum atomic E-state index is -1.66. The van der Waals surface area contributed by atoms with Crippen molar-refractivity contribution in [2.75, 3.05) is 6.54 Å². The number of carbonyl (C=O) groups excluding carboxylic acids is 6. The molecule has 0 bridgehead atoms. The maximum atomic E-state index is 13.7. The summed E-state index contributed by atoms with van der Waals surface area (Å²) >= 11 is 0. The Morgan fingerprint density at radius 1 is 0.692 bits per heavy atom. The number of aliphatic carboxylic acids is 1. The fourth-order valence-electron chi connectivity index (χ4n) is 5.10. The lowest BCUT2D eigenvalue weighted by atomic mass is 9.97. The lowest BCUT2D eigenvalue weighted by molar-refractivity contribution is -0.141. The zero-order valence-electron chi connectivity index (χ0n) is 30.9. The Hall–Kier alpha value is -4.77. The molecule has 17 nitrogen and oxygen atoms in total. The first-order chi connectivity index (χ1) is 24.3. The molecule has 0 aliphatic heterocycles. The monoisotopic (exact) mass is 734 g/mol. The van der Waals surface area contributed by atoms with Crippen molar-refractivity contribution in [3.05, 3.63) is 29.8 Å². The molecular formula is C35H58N8O9. The highest BCUT2D eigenvalue weighted by atomic mass is 16.4. The summed E-state index contributed by atoms with van der Waals surface area (Å²) in [6, 6.07) is -1.47. The van der Waals surface area contributed by atoms with E-state index >= 15 is 0 Å². The second-order valence-corrected chi connectivity index (χ2v) is 13.7. The molecular weight excluding hydrogens is 676 g/mol. The Morgan fingerprint density at radius 3 is 1.71 bits per heavy atom. The number of benzene rings is 1. The van der Waals surface area contributed by atoms with Gasteiger partial charge in [-0.05, 0) is 61.3 Å². The fourth-order valence-corrected chi connectivity index (χ4v) is 5.10. The highest BCUT2D eigenvalue weighted by molar-refractivity contribution is 5.97. The molecule has 1 aromatic rings. The molecule has 6 amide bonds. The Morgan fingerprint density at radius 2 is 1.21 bits per heavy atom. The Kier molecular flexibility index (Phi) is 19.3. The van der Waals surface area contributed by atoms with E-state index in [9.17, 15) is 43.8 Å². The fraction of sp³-hybridized carbons (Fsp3) is 0.629. The molecule has 0 saturated carbocycles. The van der Waals surface area contributed by atoms with Crippen LogP contribution in [-0.2, 0) is 40.0 Å². The highest BCUT2D eigenvalue weighted by Crippen LogP contribution is 2.14. The van der Waals surface area contributed by atoms with Crippen LogP contribution in [0.2, 0.25) is 0 Å². The molecule has 17 heteroatoms. The van der Waals surface area contributed by atoms with Gasteiger partial charge in [0.25, 0.3) is 0 Å². The van der Waals surface area contributed by atoms with Gasteiger partial charge in [-0.2, -0.15) is 0 Å². The maximum absolute atomic E-state index is 13.7. The van der Waals surface area contributed by atoms with Crippen LogP contribution in [0.1, 0.15) is 79.2 Å². The molecule has 1 rings (SSSR count). The molecule has 0 aliphatic rings. The Bertz CT molecular complexity index is 1370. The van der Waals surface area contributed by atoms with Crippen LogP contribution in [0.4, 0.5) is 0 Å². The number of unbranched alkanes of at least 4 members (excludes halogenated alkanes) is 1. The second kappa shape index (κ2) is 22.2. The summed E-state index contributed by atoms with van der Waals surface area (Å²) in [6.45, 7) is 10.6. The van der Waals surface area contributed by atoms with Gasteiger partial charge in [0.05, 0.1) is 12.5 Å². The van der Waals surface area contributed by atoms with Crippen LogP contribution in [0.25, 0.3) is 0 Å². The van der Waals surface area contributed by atoms with Crippen molar-refractivity contribution >= 4 is 41.4 Å². The Balaban J connectivity index is 3.33. The third-order valence-electron chi connectivity index (χ3n) is 8.69. The van der Waals surface area contributed by atoms with E-state index in [1.165, 1.54) is 12.1 Å². The summed E-state index contributed by atoms with van der Waals surface area (Å²) in [7, 11) is 0. The number of amides is 6. The molecule has 0 aromatic heterocycles. The van der Waals surface area contributed by atoms with E-state index in [-0.39, 0.29) is 30.4 Å². The number of hydrogen-bond donors (Lipinski definition) is 10. The molecule has 7 atom stereocenters. The zero-order chi connectivity index (χ0) is 39.7. The van der Waals surface area contributed by atoms with Gasteiger partial charge < -0.3 is 54.0 Å². The number of nitrogens with one attached hydrogen (secondary N) is 5. The maximum Gasteiger partial charge on any atom is 0.305 e. The quantitative estimate of drug-likeness (QED) is 0.0617. The number of carbonyl (C=O) groups is 7. The van der Waals surface area contributed by atoms with Gasteiger partial charge in [0, 0.05) is 6.42 Å². The van der Waals surface area contributed by atoms with Gasteiger partial charge in [-0.25, -0.2) is 0 Å². The van der Waals surface area contributed by atoms with Crippen molar-refractivity contribution < 1.29 is 43.8 Å². The lowest BCUT2D eigenvalue weighted by Gasteiger charge is -2.29. The van der Waals surface area contributed by atoms with Crippen LogP contribution >= 0.6 is 0 Å². The molecule has 0 heterocycles. The van der Waals surface area contributed by atoms with Crippen molar-refractivity contribution in [1.82, 2.24) is 26.6 Å². The average Bonchev–Trinajstić information content (AvgIpc) is 3.07. The average molecular weight is 735 g/mol. The van der Waals surface area contributed by atoms with Gasteiger partial charge >= 0.3 is 5.97 Å². The van der Waals surface area contributed by atoms with E-state index in [1.807, 2.05) is 6.92 Å². The molecule has 0 saturated heterocycles. The minimum Gasteiger partial charge on any atom is -0.508 e. The van der Waals surface area contributed by atoms with Gasteiger partial charge in [0.2, 0.25) is 35.4 Å². The van der Waals surface area contributed by atoms with Gasteiger partial charge in [0.15, 0.2) is 0 Å². The topological polar surface area (TPSA) is 298 Å². The number of phenols is 1. The van der Waals surface area contributed by atoms with E-state index in [0.29, 0.717) is 31.4 Å². The number of nitrogens with two attached hydrogens (primary N) is 3. The third-order valence-corrected chi connectivity index (χ3v) is 8.69. The van der Waals surface area contributed by atoms with Crippen molar-refractivity contribution in [1.29, 1.82) is 0 Å².